The third-order valence-corrected chi connectivity index (χ3v) is 4.11. The zero-order valence-electron chi connectivity index (χ0n) is 13.3. The van der Waals surface area contributed by atoms with Crippen LogP contribution in [0.25, 0.3) is 11.3 Å². The molecule has 5 nitrogen and oxygen atoms in total. The van der Waals surface area contributed by atoms with Gasteiger partial charge in [-0.25, -0.2) is 4.98 Å². The third-order valence-electron chi connectivity index (χ3n) is 2.95. The Morgan fingerprint density at radius 1 is 1.29 bits per heavy atom. The van der Waals surface area contributed by atoms with Crippen LogP contribution in [0, 0.1) is 0 Å². The van der Waals surface area contributed by atoms with E-state index < -0.39 is 11.0 Å². The molecule has 114 valence electrons. The van der Waals surface area contributed by atoms with Crippen molar-refractivity contribution >= 4 is 17.3 Å². The van der Waals surface area contributed by atoms with Crippen LogP contribution in [0.5, 0.6) is 0 Å². The van der Waals surface area contributed by atoms with Crippen LogP contribution in [-0.2, 0) is 22.0 Å². The van der Waals surface area contributed by atoms with Crippen molar-refractivity contribution in [3.8, 4) is 11.3 Å². The van der Waals surface area contributed by atoms with Gasteiger partial charge in [0.25, 0.3) is 0 Å². The molecule has 0 amide bonds. The van der Waals surface area contributed by atoms with Gasteiger partial charge in [-0.15, -0.1) is 11.3 Å². The number of esters is 1. The monoisotopic (exact) mass is 307 g/mol. The molecule has 6 heteroatoms. The van der Waals surface area contributed by atoms with Crippen LogP contribution in [0.1, 0.15) is 39.6 Å². The second-order valence-electron chi connectivity index (χ2n) is 6.57. The first-order chi connectivity index (χ1) is 9.59. The fraction of sp³-hybridized carbons (Fsp3) is 0.533. The predicted octanol–water partition coefficient (Wildman–Crippen LogP) is 3.16. The van der Waals surface area contributed by atoms with Gasteiger partial charge < -0.3 is 4.74 Å². The number of thiazole rings is 1. The van der Waals surface area contributed by atoms with Gasteiger partial charge in [0.1, 0.15) is 16.0 Å². The molecule has 2 aromatic rings. The lowest BCUT2D eigenvalue weighted by Gasteiger charge is -2.27. The molecule has 21 heavy (non-hydrogen) atoms. The van der Waals surface area contributed by atoms with Gasteiger partial charge in [-0.05, 0) is 34.6 Å². The van der Waals surface area contributed by atoms with Crippen molar-refractivity contribution in [1.82, 2.24) is 14.8 Å². The Kier molecular flexibility index (Phi) is 3.93. The molecule has 0 N–H and O–H groups in total. The summed E-state index contributed by atoms with van der Waals surface area (Å²) in [6.07, 6.45) is 3.67. The van der Waals surface area contributed by atoms with E-state index in [-0.39, 0.29) is 5.97 Å². The van der Waals surface area contributed by atoms with E-state index in [9.17, 15) is 4.79 Å². The maximum Gasteiger partial charge on any atom is 0.318 e. The lowest BCUT2D eigenvalue weighted by atomic mass is 9.94. The molecule has 0 unspecified atom stereocenters. The maximum atomic E-state index is 12.4. The number of aromatic nitrogens is 3. The van der Waals surface area contributed by atoms with E-state index in [4.69, 9.17) is 4.74 Å². The van der Waals surface area contributed by atoms with Gasteiger partial charge in [-0.3, -0.25) is 9.48 Å². The summed E-state index contributed by atoms with van der Waals surface area (Å²) in [5.74, 6) is -0.262. The first kappa shape index (κ1) is 15.7. The van der Waals surface area contributed by atoms with E-state index in [2.05, 4.69) is 10.1 Å². The summed E-state index contributed by atoms with van der Waals surface area (Å²) in [7, 11) is 1.86. The van der Waals surface area contributed by atoms with Crippen LogP contribution in [0.4, 0.5) is 0 Å². The van der Waals surface area contributed by atoms with Crippen LogP contribution in [0.15, 0.2) is 17.8 Å². The molecule has 0 aliphatic rings. The minimum absolute atomic E-state index is 0.262. The molecule has 2 aromatic heterocycles. The summed E-state index contributed by atoms with van der Waals surface area (Å²) in [6, 6.07) is 0. The van der Waals surface area contributed by atoms with E-state index in [1.807, 2.05) is 53.2 Å². The highest BCUT2D eigenvalue weighted by atomic mass is 32.1. The minimum atomic E-state index is -0.765. The summed E-state index contributed by atoms with van der Waals surface area (Å²) in [5, 5.41) is 6.83. The highest BCUT2D eigenvalue weighted by Gasteiger charge is 2.37. The van der Waals surface area contributed by atoms with Crippen LogP contribution in [0.2, 0.25) is 0 Å². The van der Waals surface area contributed by atoms with Crippen molar-refractivity contribution in [3.05, 3.63) is 22.8 Å². The summed E-state index contributed by atoms with van der Waals surface area (Å²) >= 11 is 1.47. The Balaban J connectivity index is 2.25. The summed E-state index contributed by atoms with van der Waals surface area (Å²) in [5.41, 5.74) is 0.510. The van der Waals surface area contributed by atoms with Gasteiger partial charge in [-0.2, -0.15) is 5.10 Å². The Labute approximate surface area is 129 Å². The first-order valence-electron chi connectivity index (χ1n) is 6.78. The van der Waals surface area contributed by atoms with Crippen molar-refractivity contribution in [2.75, 3.05) is 0 Å². The molecule has 0 spiro atoms. The number of nitrogens with zero attached hydrogens (tertiary/aromatic N) is 3. The highest BCUT2D eigenvalue weighted by Crippen LogP contribution is 2.32. The Bertz CT molecular complexity index is 650. The van der Waals surface area contributed by atoms with Crippen LogP contribution in [0.3, 0.4) is 0 Å². The fourth-order valence-electron chi connectivity index (χ4n) is 1.74. The Morgan fingerprint density at radius 2 is 1.95 bits per heavy atom. The Hall–Kier alpha value is -1.69. The van der Waals surface area contributed by atoms with E-state index in [1.165, 1.54) is 11.3 Å². The standard InChI is InChI=1S/C15H21N3O2S/c1-14(2,3)20-13(19)15(4,5)12-17-11(9-21-12)10-7-16-18(6)8-10/h7-9H,1-6H3. The fourth-order valence-corrected chi connectivity index (χ4v) is 2.68. The molecule has 0 atom stereocenters. The maximum absolute atomic E-state index is 12.4. The number of aryl methyl sites for hydroxylation is 1. The number of hydrogen-bond acceptors (Lipinski definition) is 5. The van der Waals surface area contributed by atoms with Gasteiger partial charge in [0, 0.05) is 24.2 Å². The van der Waals surface area contributed by atoms with Crippen LogP contribution < -0.4 is 0 Å². The van der Waals surface area contributed by atoms with E-state index in [0.717, 1.165) is 16.3 Å². The molecule has 0 aliphatic carbocycles. The molecular formula is C15H21N3O2S. The summed E-state index contributed by atoms with van der Waals surface area (Å²) < 4.78 is 7.22. The zero-order chi connectivity index (χ0) is 15.8. The highest BCUT2D eigenvalue weighted by molar-refractivity contribution is 7.10. The van der Waals surface area contributed by atoms with Crippen molar-refractivity contribution in [1.29, 1.82) is 0 Å². The van der Waals surface area contributed by atoms with Crippen molar-refractivity contribution in [2.24, 2.45) is 7.05 Å². The predicted molar refractivity (Wildman–Crippen MR) is 83.2 cm³/mol. The average molecular weight is 307 g/mol. The molecule has 0 aromatic carbocycles. The lowest BCUT2D eigenvalue weighted by Crippen LogP contribution is -2.36. The molecule has 2 rings (SSSR count). The van der Waals surface area contributed by atoms with Crippen molar-refractivity contribution in [2.45, 2.75) is 45.6 Å². The van der Waals surface area contributed by atoms with Crippen LogP contribution >= 0.6 is 11.3 Å². The van der Waals surface area contributed by atoms with E-state index >= 15 is 0 Å². The zero-order valence-corrected chi connectivity index (χ0v) is 14.1. The van der Waals surface area contributed by atoms with Gasteiger partial charge in [0.05, 0.1) is 11.9 Å². The number of ether oxygens (including phenoxy) is 1. The second-order valence-corrected chi connectivity index (χ2v) is 7.43. The molecule has 0 fully saturated rings. The van der Waals surface area contributed by atoms with E-state index in [0.29, 0.717) is 0 Å². The number of carbonyl (C=O) groups excluding carboxylic acids is 1. The van der Waals surface area contributed by atoms with Gasteiger partial charge in [0.15, 0.2) is 0 Å². The summed E-state index contributed by atoms with van der Waals surface area (Å²) in [6.45, 7) is 9.28. The molecular weight excluding hydrogens is 286 g/mol. The normalized spacial score (nSPS) is 12.5. The molecule has 0 radical (unpaired) electrons. The summed E-state index contributed by atoms with van der Waals surface area (Å²) in [4.78, 5) is 16.9. The quantitative estimate of drug-likeness (QED) is 0.817. The lowest BCUT2D eigenvalue weighted by molar-refractivity contribution is -0.160. The first-order valence-corrected chi connectivity index (χ1v) is 7.66. The second kappa shape index (κ2) is 5.26. The molecule has 0 aliphatic heterocycles. The molecule has 0 saturated carbocycles. The molecule has 0 saturated heterocycles. The number of rotatable bonds is 3. The van der Waals surface area contributed by atoms with Crippen LogP contribution in [-0.4, -0.2) is 26.3 Å². The topological polar surface area (TPSA) is 57.0 Å². The third kappa shape index (κ3) is 3.50. The largest absolute Gasteiger partial charge is 0.459 e. The molecule has 0 bridgehead atoms. The van der Waals surface area contributed by atoms with Crippen molar-refractivity contribution < 1.29 is 9.53 Å². The van der Waals surface area contributed by atoms with Gasteiger partial charge in [0.2, 0.25) is 0 Å². The SMILES string of the molecule is Cn1cc(-c2csc(C(C)(C)C(=O)OC(C)(C)C)n2)cn1. The number of hydrogen-bond donors (Lipinski definition) is 0. The minimum Gasteiger partial charge on any atom is -0.459 e. The number of carbonyl (C=O) groups is 1. The van der Waals surface area contributed by atoms with Crippen molar-refractivity contribution in [3.63, 3.8) is 0 Å². The van der Waals surface area contributed by atoms with Gasteiger partial charge >= 0.3 is 5.97 Å². The van der Waals surface area contributed by atoms with Gasteiger partial charge in [-0.1, -0.05) is 0 Å². The smallest absolute Gasteiger partial charge is 0.318 e. The van der Waals surface area contributed by atoms with E-state index in [1.54, 1.807) is 10.9 Å². The Morgan fingerprint density at radius 3 is 2.48 bits per heavy atom. The average Bonchev–Trinajstić information content (AvgIpc) is 2.94. The molecule has 2 heterocycles.